The molecule has 0 aliphatic heterocycles. The Bertz CT molecular complexity index is 1510. The van der Waals surface area contributed by atoms with Crippen LogP contribution in [-0.4, -0.2) is 24.5 Å². The van der Waals surface area contributed by atoms with Crippen LogP contribution in [0.2, 0.25) is 0 Å². The van der Waals surface area contributed by atoms with Crippen molar-refractivity contribution >= 4 is 22.6 Å². The lowest BCUT2D eigenvalue weighted by Crippen LogP contribution is -2.28. The molecule has 0 fully saturated rings. The summed E-state index contributed by atoms with van der Waals surface area (Å²) in [6, 6.07) is 34.0. The molecule has 4 nitrogen and oxygen atoms in total. The van der Waals surface area contributed by atoms with Crippen LogP contribution in [0.1, 0.15) is 22.8 Å². The summed E-state index contributed by atoms with van der Waals surface area (Å²) in [7, 11) is 1.80. The van der Waals surface area contributed by atoms with Gasteiger partial charge in [-0.3, -0.25) is 9.69 Å². The second kappa shape index (κ2) is 10.0. The first-order valence-electron chi connectivity index (χ1n) is 12.1. The van der Waals surface area contributed by atoms with Crippen LogP contribution < -0.4 is 9.64 Å². The molecule has 0 aliphatic rings. The van der Waals surface area contributed by atoms with E-state index in [9.17, 15) is 4.79 Å². The summed E-state index contributed by atoms with van der Waals surface area (Å²) in [6.07, 6.45) is 0. The maximum atomic E-state index is 13.6. The van der Waals surface area contributed by atoms with Crippen molar-refractivity contribution in [3.05, 3.63) is 114 Å². The predicted octanol–water partition coefficient (Wildman–Crippen LogP) is 7.55. The predicted molar refractivity (Wildman–Crippen MR) is 148 cm³/mol. The number of aryl methyl sites for hydroxylation is 1. The van der Waals surface area contributed by atoms with E-state index in [1.807, 2.05) is 79.7 Å². The van der Waals surface area contributed by atoms with E-state index in [0.29, 0.717) is 18.0 Å². The maximum absolute atomic E-state index is 13.6. The van der Waals surface area contributed by atoms with Crippen molar-refractivity contribution in [1.82, 2.24) is 4.98 Å². The molecule has 1 aromatic heterocycles. The van der Waals surface area contributed by atoms with Gasteiger partial charge in [-0.1, -0.05) is 72.8 Å². The van der Waals surface area contributed by atoms with Crippen LogP contribution >= 0.6 is 0 Å². The van der Waals surface area contributed by atoms with Gasteiger partial charge in [0.15, 0.2) is 0 Å². The quantitative estimate of drug-likeness (QED) is 0.256. The number of ether oxygens (including phenoxy) is 1. The number of carbonyl (C=O) groups excluding carboxylic acids is 1. The Morgan fingerprint density at radius 1 is 0.806 bits per heavy atom. The summed E-state index contributed by atoms with van der Waals surface area (Å²) in [5, 5.41) is 1.04. The van der Waals surface area contributed by atoms with Crippen LogP contribution in [0.25, 0.3) is 33.2 Å². The van der Waals surface area contributed by atoms with Crippen LogP contribution in [0.15, 0.2) is 103 Å². The van der Waals surface area contributed by atoms with Gasteiger partial charge < -0.3 is 4.74 Å². The van der Waals surface area contributed by atoms with E-state index in [2.05, 4.69) is 37.3 Å². The average molecular weight is 473 g/mol. The normalized spacial score (nSPS) is 10.9. The molecule has 4 heteroatoms. The lowest BCUT2D eigenvalue weighted by molar-refractivity contribution is 0.0992. The molecular weight excluding hydrogens is 444 g/mol. The van der Waals surface area contributed by atoms with E-state index in [-0.39, 0.29) is 5.91 Å². The Morgan fingerprint density at radius 2 is 1.44 bits per heavy atom. The summed E-state index contributed by atoms with van der Waals surface area (Å²) < 4.78 is 5.69. The van der Waals surface area contributed by atoms with Crippen LogP contribution in [0.3, 0.4) is 0 Å². The number of aromatic nitrogens is 1. The minimum atomic E-state index is -0.110. The first-order valence-corrected chi connectivity index (χ1v) is 12.1. The Labute approximate surface area is 211 Å². The monoisotopic (exact) mass is 472 g/mol. The van der Waals surface area contributed by atoms with Gasteiger partial charge in [-0.25, -0.2) is 4.98 Å². The van der Waals surface area contributed by atoms with Gasteiger partial charge in [0, 0.05) is 29.1 Å². The molecule has 0 aliphatic carbocycles. The van der Waals surface area contributed by atoms with E-state index in [1.165, 1.54) is 0 Å². The van der Waals surface area contributed by atoms with Gasteiger partial charge in [0.05, 0.1) is 12.1 Å². The number of carbonyl (C=O) groups is 1. The third kappa shape index (κ3) is 4.46. The minimum absolute atomic E-state index is 0.110. The average Bonchev–Trinajstić information content (AvgIpc) is 2.92. The molecule has 0 bridgehead atoms. The molecule has 1 amide bonds. The smallest absolute Gasteiger partial charge is 0.259 e. The number of pyridine rings is 1. The van der Waals surface area contributed by atoms with Crippen molar-refractivity contribution in [2.45, 2.75) is 13.8 Å². The molecule has 5 aromatic rings. The molecule has 0 saturated carbocycles. The Hall–Kier alpha value is -4.44. The van der Waals surface area contributed by atoms with E-state index in [4.69, 9.17) is 9.72 Å². The Balaban J connectivity index is 1.82. The first kappa shape index (κ1) is 23.3. The van der Waals surface area contributed by atoms with Crippen molar-refractivity contribution in [2.75, 3.05) is 18.6 Å². The number of amides is 1. The number of rotatable bonds is 6. The third-order valence-corrected chi connectivity index (χ3v) is 6.28. The SMILES string of the molecule is CCOc1ccc(-c2c(N(C)C(=O)c3ccccc3)nc3cc(C)ccc3c2-c2ccccc2)cc1. The highest BCUT2D eigenvalue weighted by molar-refractivity contribution is 6.12. The van der Waals surface area contributed by atoms with Gasteiger partial charge >= 0.3 is 0 Å². The number of fused-ring (bicyclic) bond motifs is 1. The fraction of sp³-hybridized carbons (Fsp3) is 0.125. The Morgan fingerprint density at radius 3 is 2.11 bits per heavy atom. The highest BCUT2D eigenvalue weighted by atomic mass is 16.5. The van der Waals surface area contributed by atoms with Crippen molar-refractivity contribution in [3.63, 3.8) is 0 Å². The van der Waals surface area contributed by atoms with Crippen LogP contribution in [0.5, 0.6) is 5.75 Å². The highest BCUT2D eigenvalue weighted by Crippen LogP contribution is 2.43. The number of benzene rings is 4. The third-order valence-electron chi connectivity index (χ3n) is 6.28. The lowest BCUT2D eigenvalue weighted by Gasteiger charge is -2.24. The topological polar surface area (TPSA) is 42.4 Å². The molecule has 0 spiro atoms. The van der Waals surface area contributed by atoms with Gasteiger partial charge in [-0.05, 0) is 60.9 Å². The van der Waals surface area contributed by atoms with Crippen LogP contribution in [0.4, 0.5) is 5.82 Å². The van der Waals surface area contributed by atoms with E-state index < -0.39 is 0 Å². The molecular formula is C32H28N2O2. The standard InChI is InChI=1S/C32H28N2O2/c1-4-36-26-18-16-24(17-19-26)30-29(23-11-7-5-8-12-23)27-20-15-22(2)21-28(27)33-31(30)34(3)32(35)25-13-9-6-10-14-25/h5-21H,4H2,1-3H3. The van der Waals surface area contributed by atoms with E-state index in [0.717, 1.165) is 44.5 Å². The van der Waals surface area contributed by atoms with E-state index in [1.54, 1.807) is 11.9 Å². The number of hydrogen-bond acceptors (Lipinski definition) is 3. The summed E-state index contributed by atoms with van der Waals surface area (Å²) in [4.78, 5) is 20.3. The molecule has 178 valence electrons. The second-order valence-electron chi connectivity index (χ2n) is 8.76. The minimum Gasteiger partial charge on any atom is -0.494 e. The zero-order valence-corrected chi connectivity index (χ0v) is 20.7. The molecule has 0 saturated heterocycles. The van der Waals surface area contributed by atoms with E-state index >= 15 is 0 Å². The van der Waals surface area contributed by atoms with Crippen molar-refractivity contribution < 1.29 is 9.53 Å². The zero-order chi connectivity index (χ0) is 25.1. The fourth-order valence-corrected chi connectivity index (χ4v) is 4.54. The maximum Gasteiger partial charge on any atom is 0.259 e. The van der Waals surface area contributed by atoms with Gasteiger partial charge in [0.25, 0.3) is 5.91 Å². The number of nitrogens with zero attached hydrogens (tertiary/aromatic N) is 2. The van der Waals surface area contributed by atoms with Gasteiger partial charge in [-0.2, -0.15) is 0 Å². The van der Waals surface area contributed by atoms with Gasteiger partial charge in [-0.15, -0.1) is 0 Å². The highest BCUT2D eigenvalue weighted by Gasteiger charge is 2.24. The molecule has 5 rings (SSSR count). The molecule has 0 radical (unpaired) electrons. The number of anilines is 1. The van der Waals surface area contributed by atoms with Crippen molar-refractivity contribution in [3.8, 4) is 28.0 Å². The van der Waals surface area contributed by atoms with Crippen molar-refractivity contribution in [1.29, 1.82) is 0 Å². The molecule has 1 heterocycles. The largest absolute Gasteiger partial charge is 0.494 e. The molecule has 4 aromatic carbocycles. The summed E-state index contributed by atoms with van der Waals surface area (Å²) in [6.45, 7) is 4.63. The summed E-state index contributed by atoms with van der Waals surface area (Å²) >= 11 is 0. The molecule has 36 heavy (non-hydrogen) atoms. The zero-order valence-electron chi connectivity index (χ0n) is 20.7. The van der Waals surface area contributed by atoms with Gasteiger partial charge in [0.2, 0.25) is 0 Å². The second-order valence-corrected chi connectivity index (χ2v) is 8.76. The van der Waals surface area contributed by atoms with Crippen LogP contribution in [-0.2, 0) is 0 Å². The molecule has 0 N–H and O–H groups in total. The summed E-state index contributed by atoms with van der Waals surface area (Å²) in [5.74, 6) is 1.31. The van der Waals surface area contributed by atoms with Gasteiger partial charge in [0.1, 0.15) is 11.6 Å². The first-order chi connectivity index (χ1) is 17.6. The number of hydrogen-bond donors (Lipinski definition) is 0. The Kier molecular flexibility index (Phi) is 6.50. The lowest BCUT2D eigenvalue weighted by atomic mass is 9.90. The summed E-state index contributed by atoms with van der Waals surface area (Å²) in [5.41, 5.74) is 6.58. The fourth-order valence-electron chi connectivity index (χ4n) is 4.54. The van der Waals surface area contributed by atoms with Crippen molar-refractivity contribution in [2.24, 2.45) is 0 Å². The molecule has 0 atom stereocenters. The molecule has 0 unspecified atom stereocenters. The van der Waals surface area contributed by atoms with Crippen LogP contribution in [0, 0.1) is 6.92 Å².